The number of aromatic nitrogens is 1. The normalized spacial score (nSPS) is 14.2. The molecule has 1 aromatic carbocycles. The van der Waals surface area contributed by atoms with E-state index in [1.165, 1.54) is 0 Å². The van der Waals surface area contributed by atoms with E-state index in [2.05, 4.69) is 20.9 Å². The minimum Gasteiger partial charge on any atom is -0.385 e. The molecule has 0 saturated carbocycles. The van der Waals surface area contributed by atoms with Crippen molar-refractivity contribution >= 4 is 27.5 Å². The Morgan fingerprint density at radius 2 is 2.11 bits per heavy atom. The van der Waals surface area contributed by atoms with Crippen LogP contribution >= 0.6 is 27.5 Å². The number of benzene rings is 1. The van der Waals surface area contributed by atoms with Crippen molar-refractivity contribution < 1.29 is 5.11 Å². The molecule has 94 valence electrons. The highest BCUT2D eigenvalue weighted by atomic mass is 79.9. The molecule has 0 saturated heterocycles. The monoisotopic (exact) mass is 325 g/mol. The third kappa shape index (κ3) is 3.31. The van der Waals surface area contributed by atoms with E-state index >= 15 is 0 Å². The maximum absolute atomic E-state index is 10.5. The average Bonchev–Trinajstić information content (AvgIpc) is 2.32. The Labute approximate surface area is 120 Å². The molecule has 0 amide bonds. The average molecular weight is 327 g/mol. The van der Waals surface area contributed by atoms with E-state index in [-0.39, 0.29) is 0 Å². The van der Waals surface area contributed by atoms with Gasteiger partial charge in [-0.1, -0.05) is 23.7 Å². The van der Waals surface area contributed by atoms with Gasteiger partial charge >= 0.3 is 0 Å². The van der Waals surface area contributed by atoms with Crippen LogP contribution in [0.4, 0.5) is 0 Å². The molecule has 0 spiro atoms. The summed E-state index contributed by atoms with van der Waals surface area (Å²) in [6, 6.07) is 11.1. The smallest absolute Gasteiger partial charge is 0.0924 e. The molecule has 18 heavy (non-hydrogen) atoms. The lowest BCUT2D eigenvalue weighted by atomic mass is 9.91. The van der Waals surface area contributed by atoms with Crippen molar-refractivity contribution in [3.8, 4) is 0 Å². The predicted octanol–water partition coefficient (Wildman–Crippen LogP) is 3.95. The summed E-state index contributed by atoms with van der Waals surface area (Å²) >= 11 is 9.28. The maximum atomic E-state index is 10.5. The summed E-state index contributed by atoms with van der Waals surface area (Å²) in [6.45, 7) is 1.77. The fourth-order valence-corrected chi connectivity index (χ4v) is 2.21. The van der Waals surface area contributed by atoms with Crippen LogP contribution in [0.1, 0.15) is 18.2 Å². The Bertz CT molecular complexity index is 540. The summed E-state index contributed by atoms with van der Waals surface area (Å²) in [5.74, 6) is 0. The minimum absolute atomic E-state index is 0.445. The SMILES string of the molecule is CC(O)(Cc1ccc(Br)cn1)c1cccc(Cl)c1. The van der Waals surface area contributed by atoms with Crippen molar-refractivity contribution in [2.24, 2.45) is 0 Å². The molecular weight excluding hydrogens is 314 g/mol. The standard InChI is InChI=1S/C14H13BrClNO/c1-14(18,10-3-2-4-12(16)7-10)8-13-6-5-11(15)9-17-13/h2-7,9,18H,8H2,1H3. The van der Waals surface area contributed by atoms with E-state index in [1.54, 1.807) is 25.3 Å². The molecule has 1 unspecified atom stereocenters. The third-order valence-corrected chi connectivity index (χ3v) is 3.46. The molecule has 2 aromatic rings. The maximum Gasteiger partial charge on any atom is 0.0924 e. The number of nitrogens with zero attached hydrogens (tertiary/aromatic N) is 1. The van der Waals surface area contributed by atoms with E-state index in [9.17, 15) is 5.11 Å². The highest BCUT2D eigenvalue weighted by Gasteiger charge is 2.24. The zero-order valence-electron chi connectivity index (χ0n) is 9.90. The van der Waals surface area contributed by atoms with Crippen molar-refractivity contribution in [3.05, 3.63) is 63.3 Å². The number of aliphatic hydroxyl groups is 1. The summed E-state index contributed by atoms with van der Waals surface area (Å²) in [7, 11) is 0. The van der Waals surface area contributed by atoms with Crippen LogP contribution < -0.4 is 0 Å². The molecule has 0 fully saturated rings. The van der Waals surface area contributed by atoms with Crippen molar-refractivity contribution in [1.29, 1.82) is 0 Å². The zero-order chi connectivity index (χ0) is 13.2. The molecule has 0 aliphatic carbocycles. The molecule has 0 radical (unpaired) electrons. The van der Waals surface area contributed by atoms with Gasteiger partial charge in [0.05, 0.1) is 5.60 Å². The molecule has 2 nitrogen and oxygen atoms in total. The number of rotatable bonds is 3. The first kappa shape index (κ1) is 13.5. The molecular formula is C14H13BrClNO. The largest absolute Gasteiger partial charge is 0.385 e. The highest BCUT2D eigenvalue weighted by molar-refractivity contribution is 9.10. The number of halogens is 2. The first-order valence-electron chi connectivity index (χ1n) is 5.56. The van der Waals surface area contributed by atoms with Gasteiger partial charge in [-0.2, -0.15) is 0 Å². The Balaban J connectivity index is 2.23. The van der Waals surface area contributed by atoms with E-state index < -0.39 is 5.60 Å². The Hall–Kier alpha value is -0.900. The summed E-state index contributed by atoms with van der Waals surface area (Å²) in [5, 5.41) is 11.1. The van der Waals surface area contributed by atoms with Crippen LogP contribution in [0, 0.1) is 0 Å². The molecule has 0 aliphatic rings. The zero-order valence-corrected chi connectivity index (χ0v) is 12.2. The van der Waals surface area contributed by atoms with Gasteiger partial charge in [-0.05, 0) is 52.7 Å². The second-order valence-electron chi connectivity index (χ2n) is 4.43. The highest BCUT2D eigenvalue weighted by Crippen LogP contribution is 2.26. The fourth-order valence-electron chi connectivity index (χ4n) is 1.79. The lowest BCUT2D eigenvalue weighted by Gasteiger charge is -2.23. The summed E-state index contributed by atoms with van der Waals surface area (Å²) in [4.78, 5) is 4.27. The molecule has 4 heteroatoms. The molecule has 2 rings (SSSR count). The van der Waals surface area contributed by atoms with E-state index in [4.69, 9.17) is 11.6 Å². The van der Waals surface area contributed by atoms with Crippen LogP contribution in [-0.4, -0.2) is 10.1 Å². The van der Waals surface area contributed by atoms with Crippen LogP contribution in [-0.2, 0) is 12.0 Å². The van der Waals surface area contributed by atoms with E-state index in [0.29, 0.717) is 11.4 Å². The van der Waals surface area contributed by atoms with Gasteiger partial charge in [0.2, 0.25) is 0 Å². The van der Waals surface area contributed by atoms with Crippen molar-refractivity contribution in [2.45, 2.75) is 18.9 Å². The van der Waals surface area contributed by atoms with Gasteiger partial charge in [0.25, 0.3) is 0 Å². The Morgan fingerprint density at radius 1 is 1.33 bits per heavy atom. The molecule has 1 heterocycles. The van der Waals surface area contributed by atoms with Crippen LogP contribution in [0.15, 0.2) is 47.1 Å². The second-order valence-corrected chi connectivity index (χ2v) is 5.78. The second kappa shape index (κ2) is 5.39. The van der Waals surface area contributed by atoms with Crippen LogP contribution in [0.25, 0.3) is 0 Å². The van der Waals surface area contributed by atoms with Gasteiger partial charge in [0, 0.05) is 27.8 Å². The summed E-state index contributed by atoms with van der Waals surface area (Å²) < 4.78 is 0.925. The number of pyridine rings is 1. The topological polar surface area (TPSA) is 33.1 Å². The Morgan fingerprint density at radius 3 is 2.72 bits per heavy atom. The Kier molecular flexibility index (Phi) is 4.05. The molecule has 1 aromatic heterocycles. The van der Waals surface area contributed by atoms with Gasteiger partial charge in [-0.15, -0.1) is 0 Å². The lowest BCUT2D eigenvalue weighted by molar-refractivity contribution is 0.0566. The molecule has 1 atom stereocenters. The van der Waals surface area contributed by atoms with Crippen LogP contribution in [0.5, 0.6) is 0 Å². The predicted molar refractivity (Wildman–Crippen MR) is 76.7 cm³/mol. The fraction of sp³-hybridized carbons (Fsp3) is 0.214. The number of hydrogen-bond donors (Lipinski definition) is 1. The van der Waals surface area contributed by atoms with Crippen molar-refractivity contribution in [1.82, 2.24) is 4.98 Å². The first-order valence-corrected chi connectivity index (χ1v) is 6.73. The first-order chi connectivity index (χ1) is 8.47. The summed E-state index contributed by atoms with van der Waals surface area (Å²) in [5.41, 5.74) is 0.647. The summed E-state index contributed by atoms with van der Waals surface area (Å²) in [6.07, 6.45) is 2.17. The van der Waals surface area contributed by atoms with Crippen molar-refractivity contribution in [2.75, 3.05) is 0 Å². The van der Waals surface area contributed by atoms with Crippen LogP contribution in [0.2, 0.25) is 5.02 Å². The minimum atomic E-state index is -0.980. The van der Waals surface area contributed by atoms with Gasteiger partial charge in [-0.3, -0.25) is 4.98 Å². The van der Waals surface area contributed by atoms with Gasteiger partial charge < -0.3 is 5.11 Å². The molecule has 0 bridgehead atoms. The quantitative estimate of drug-likeness (QED) is 0.926. The van der Waals surface area contributed by atoms with Crippen molar-refractivity contribution in [3.63, 3.8) is 0 Å². The van der Waals surface area contributed by atoms with Gasteiger partial charge in [0.15, 0.2) is 0 Å². The van der Waals surface area contributed by atoms with Crippen LogP contribution in [0.3, 0.4) is 0 Å². The third-order valence-electron chi connectivity index (χ3n) is 2.76. The van der Waals surface area contributed by atoms with Gasteiger partial charge in [-0.25, -0.2) is 0 Å². The number of hydrogen-bond acceptors (Lipinski definition) is 2. The van der Waals surface area contributed by atoms with Gasteiger partial charge in [0.1, 0.15) is 0 Å². The van der Waals surface area contributed by atoms with E-state index in [0.717, 1.165) is 15.7 Å². The molecule has 1 N–H and O–H groups in total. The van der Waals surface area contributed by atoms with E-state index in [1.807, 2.05) is 24.3 Å². The lowest BCUT2D eigenvalue weighted by Crippen LogP contribution is -2.24. The molecule has 0 aliphatic heterocycles.